The van der Waals surface area contributed by atoms with Gasteiger partial charge in [-0.05, 0) is 42.0 Å². The summed E-state index contributed by atoms with van der Waals surface area (Å²) in [6.45, 7) is 0. The molecule has 0 aliphatic heterocycles. The molecule has 0 spiro atoms. The van der Waals surface area contributed by atoms with Crippen LogP contribution in [0.2, 0.25) is 0 Å². The van der Waals surface area contributed by atoms with Gasteiger partial charge in [-0.3, -0.25) is 0 Å². The molecule has 0 aromatic carbocycles. The van der Waals surface area contributed by atoms with Gasteiger partial charge in [-0.15, -0.1) is 11.5 Å². The van der Waals surface area contributed by atoms with E-state index in [9.17, 15) is 0 Å². The summed E-state index contributed by atoms with van der Waals surface area (Å²) in [6, 6.07) is 0. The van der Waals surface area contributed by atoms with Crippen LogP contribution in [0.4, 0.5) is 0 Å². The average molecular weight is 657 g/mol. The zero-order valence-electron chi connectivity index (χ0n) is 16.8. The van der Waals surface area contributed by atoms with E-state index in [0.717, 1.165) is 23.0 Å². The molecule has 0 N–H and O–H groups in total. The fourth-order valence-electron chi connectivity index (χ4n) is 2.18. The molecule has 4 aliphatic carbocycles. The van der Waals surface area contributed by atoms with Crippen molar-refractivity contribution in [3.05, 3.63) is 130 Å². The monoisotopic (exact) mass is 656 g/mol. The summed E-state index contributed by atoms with van der Waals surface area (Å²) in [4.78, 5) is 0. The molecule has 2 nitrogen and oxygen atoms in total. The van der Waals surface area contributed by atoms with Gasteiger partial charge < -0.3 is 18.9 Å². The van der Waals surface area contributed by atoms with Gasteiger partial charge in [0.25, 0.3) is 0 Å². The van der Waals surface area contributed by atoms with Crippen molar-refractivity contribution in [2.75, 3.05) is 14.2 Å². The maximum atomic E-state index is 5.90. The number of rotatable bonds is 2. The first-order valence-electron chi connectivity index (χ1n) is 8.41. The van der Waals surface area contributed by atoms with Crippen molar-refractivity contribution >= 4 is 49.4 Å². The Hall–Kier alpha value is -1.82. The summed E-state index contributed by atoms with van der Waals surface area (Å²) in [5.74, 6) is 2.71. The molecular formula is C24H19BiCl2F2O2. The number of ether oxygens (including phenoxy) is 2. The molecule has 6 radical (unpaired) electrons. The molecule has 0 aromatic heterocycles. The summed E-state index contributed by atoms with van der Waals surface area (Å²) in [6.07, 6.45) is 24.4. The third-order valence-electron chi connectivity index (χ3n) is 3.58. The first-order chi connectivity index (χ1) is 13.7. The van der Waals surface area contributed by atoms with Crippen molar-refractivity contribution in [2.24, 2.45) is 0 Å². The van der Waals surface area contributed by atoms with Gasteiger partial charge in [0.1, 0.15) is 11.5 Å². The number of hydrogen-bond acceptors (Lipinski definition) is 2. The zero-order chi connectivity index (χ0) is 20.2. The standard InChI is InChI=1S/C10H5Cl2.2C7H7O.Bi.2FH/c11-9-6-10(12)8-5-3-1-2-4-7(8)9;2*1-8-7-5-3-2-4-6-7;;;/h1-5H;2*3-6H,1H3;;2*1H/q;;;+2;;/p-2. The molecule has 7 heteroatoms. The smallest absolute Gasteiger partial charge is 1.00 e. The minimum atomic E-state index is 0. The Labute approximate surface area is 211 Å². The van der Waals surface area contributed by atoms with E-state index >= 15 is 0 Å². The van der Waals surface area contributed by atoms with Crippen LogP contribution in [0.25, 0.3) is 0 Å². The Morgan fingerprint density at radius 3 is 1.68 bits per heavy atom. The SMILES string of the molecule is COC1=CC=C=C[CH]1.COC1=CC=C=C[CH]1.ClC1=C=C(Cl)C2=CC=CC=C[C]12.[Bi+2].[F-].[F-]. The number of hydrogen-bond donors (Lipinski definition) is 0. The van der Waals surface area contributed by atoms with Crippen LogP contribution in [0.15, 0.2) is 111 Å². The van der Waals surface area contributed by atoms with Crippen molar-refractivity contribution in [1.29, 1.82) is 0 Å². The van der Waals surface area contributed by atoms with Crippen LogP contribution in [0.3, 0.4) is 0 Å². The molecule has 160 valence electrons. The van der Waals surface area contributed by atoms with Crippen LogP contribution in [0.5, 0.6) is 0 Å². The van der Waals surface area contributed by atoms with Crippen molar-refractivity contribution in [1.82, 2.24) is 0 Å². The first kappa shape index (κ1) is 31.4. The second-order valence-electron chi connectivity index (χ2n) is 5.37. The van der Waals surface area contributed by atoms with E-state index in [1.165, 1.54) is 0 Å². The Kier molecular flexibility index (Phi) is 18.0. The van der Waals surface area contributed by atoms with E-state index in [2.05, 4.69) is 17.2 Å². The van der Waals surface area contributed by atoms with Gasteiger partial charge in [0.15, 0.2) is 0 Å². The van der Waals surface area contributed by atoms with Gasteiger partial charge in [-0.2, -0.15) is 0 Å². The molecule has 0 amide bonds. The Morgan fingerprint density at radius 2 is 1.26 bits per heavy atom. The Bertz CT molecular complexity index is 897. The molecule has 4 aliphatic rings. The molecular weight excluding hydrogens is 638 g/mol. The first-order valence-corrected chi connectivity index (χ1v) is 9.16. The van der Waals surface area contributed by atoms with Crippen molar-refractivity contribution in [3.63, 3.8) is 0 Å². The maximum absolute atomic E-state index is 5.90. The van der Waals surface area contributed by atoms with Crippen molar-refractivity contribution in [3.8, 4) is 0 Å². The van der Waals surface area contributed by atoms with Crippen LogP contribution in [-0.4, -0.2) is 40.4 Å². The van der Waals surface area contributed by atoms with Crippen LogP contribution >= 0.6 is 23.2 Å². The molecule has 0 unspecified atom stereocenters. The zero-order valence-corrected chi connectivity index (χ0v) is 21.8. The predicted molar refractivity (Wildman–Crippen MR) is 122 cm³/mol. The van der Waals surface area contributed by atoms with Crippen LogP contribution in [0, 0.1) is 18.8 Å². The molecule has 0 atom stereocenters. The van der Waals surface area contributed by atoms with Crippen LogP contribution < -0.4 is 9.41 Å². The third-order valence-corrected chi connectivity index (χ3v) is 4.17. The quantitative estimate of drug-likeness (QED) is 0.308. The van der Waals surface area contributed by atoms with E-state index in [1.54, 1.807) is 14.2 Å². The molecule has 0 saturated heterocycles. The van der Waals surface area contributed by atoms with E-state index in [-0.39, 0.29) is 35.6 Å². The minimum Gasteiger partial charge on any atom is -1.00 e. The van der Waals surface area contributed by atoms with E-state index in [1.807, 2.05) is 79.7 Å². The minimum absolute atomic E-state index is 0. The molecule has 0 saturated carbocycles. The predicted octanol–water partition coefficient (Wildman–Crippen LogP) is -0.00983. The van der Waals surface area contributed by atoms with Gasteiger partial charge in [-0.1, -0.05) is 59.3 Å². The topological polar surface area (TPSA) is 18.5 Å². The molecule has 4 rings (SSSR count). The number of halogens is 4. The van der Waals surface area contributed by atoms with Gasteiger partial charge in [0.2, 0.25) is 0 Å². The second kappa shape index (κ2) is 17.8. The summed E-state index contributed by atoms with van der Waals surface area (Å²) in [7, 11) is 3.30. The van der Waals surface area contributed by atoms with E-state index in [0.29, 0.717) is 10.1 Å². The largest absolute Gasteiger partial charge is 2.00 e. The molecule has 0 bridgehead atoms. The van der Waals surface area contributed by atoms with Crippen molar-refractivity contribution in [2.45, 2.75) is 0 Å². The summed E-state index contributed by atoms with van der Waals surface area (Å²) >= 11 is 11.8. The second-order valence-corrected chi connectivity index (χ2v) is 6.13. The van der Waals surface area contributed by atoms with Gasteiger partial charge in [0.05, 0.1) is 43.0 Å². The Morgan fingerprint density at radius 1 is 0.710 bits per heavy atom. The average Bonchev–Trinajstić information content (AvgIpc) is 2.93. The Balaban J connectivity index is 0. The fraction of sp³-hybridized carbons (Fsp3) is 0.0833. The maximum Gasteiger partial charge on any atom is 2.00 e. The summed E-state index contributed by atoms with van der Waals surface area (Å²) in [5.41, 5.74) is 9.59. The molecule has 0 heterocycles. The van der Waals surface area contributed by atoms with E-state index in [4.69, 9.17) is 32.7 Å². The third kappa shape index (κ3) is 10.9. The van der Waals surface area contributed by atoms with Crippen LogP contribution in [-0.2, 0) is 9.47 Å². The molecule has 0 fully saturated rings. The number of allylic oxidation sites excluding steroid dienone is 11. The van der Waals surface area contributed by atoms with E-state index < -0.39 is 0 Å². The van der Waals surface area contributed by atoms with Gasteiger partial charge in [-0.25, -0.2) is 0 Å². The normalized spacial score (nSPS) is 16.5. The molecule has 31 heavy (non-hydrogen) atoms. The fourth-order valence-corrected chi connectivity index (χ4v) is 2.74. The van der Waals surface area contributed by atoms with Crippen LogP contribution in [0.1, 0.15) is 0 Å². The number of fused-ring (bicyclic) bond motifs is 1. The van der Waals surface area contributed by atoms with Crippen molar-refractivity contribution < 1.29 is 18.9 Å². The summed E-state index contributed by atoms with van der Waals surface area (Å²) < 4.78 is 9.79. The summed E-state index contributed by atoms with van der Waals surface area (Å²) in [5, 5.41) is 1.18. The van der Waals surface area contributed by atoms with Gasteiger partial charge >= 0.3 is 26.2 Å². The molecule has 0 aromatic rings. The van der Waals surface area contributed by atoms with Gasteiger partial charge in [0, 0.05) is 0 Å². The number of methoxy groups -OCH3 is 2.